The molecule has 2 aromatic rings. The predicted molar refractivity (Wildman–Crippen MR) is 71.3 cm³/mol. The highest BCUT2D eigenvalue weighted by Gasteiger charge is 2.15. The minimum absolute atomic E-state index is 0.0777. The van der Waals surface area contributed by atoms with Crippen LogP contribution in [0.5, 0.6) is 5.75 Å². The van der Waals surface area contributed by atoms with E-state index in [9.17, 15) is 15.2 Å². The molecule has 1 aromatic heterocycles. The van der Waals surface area contributed by atoms with Crippen molar-refractivity contribution in [2.75, 3.05) is 0 Å². The number of hydrogen-bond acceptors (Lipinski definition) is 5. The van der Waals surface area contributed by atoms with Gasteiger partial charge in [-0.2, -0.15) is 5.10 Å². The van der Waals surface area contributed by atoms with Gasteiger partial charge in [0.2, 0.25) is 0 Å². The highest BCUT2D eigenvalue weighted by atomic mass is 16.6. The summed E-state index contributed by atoms with van der Waals surface area (Å²) in [5.41, 5.74) is 1.05. The number of rotatable bonds is 5. The van der Waals surface area contributed by atoms with E-state index in [2.05, 4.69) is 5.10 Å². The Hall–Kier alpha value is -2.41. The highest BCUT2D eigenvalue weighted by molar-refractivity contribution is 5.44. The van der Waals surface area contributed by atoms with Crippen molar-refractivity contribution in [3.63, 3.8) is 0 Å². The van der Waals surface area contributed by atoms with Gasteiger partial charge in [-0.25, -0.2) is 0 Å². The maximum absolute atomic E-state index is 10.7. The molecular weight excluding hydrogens is 262 g/mol. The lowest BCUT2D eigenvalue weighted by Gasteiger charge is -2.12. The Labute approximate surface area is 115 Å². The number of hydrogen-bond donors (Lipinski definition) is 1. The number of nitrogens with zero attached hydrogens (tertiary/aromatic N) is 3. The molecule has 7 heteroatoms. The summed E-state index contributed by atoms with van der Waals surface area (Å²) in [7, 11) is 1.80. The van der Waals surface area contributed by atoms with Gasteiger partial charge in [0.1, 0.15) is 12.4 Å². The maximum Gasteiger partial charge on any atom is 0.270 e. The molecule has 20 heavy (non-hydrogen) atoms. The Bertz CT molecular complexity index is 622. The molecule has 1 atom stereocenters. The van der Waals surface area contributed by atoms with E-state index in [1.807, 2.05) is 6.07 Å². The number of aryl methyl sites for hydroxylation is 1. The Morgan fingerprint density at radius 2 is 2.25 bits per heavy atom. The molecule has 7 nitrogen and oxygen atoms in total. The van der Waals surface area contributed by atoms with Gasteiger partial charge >= 0.3 is 0 Å². The third kappa shape index (κ3) is 3.12. The van der Waals surface area contributed by atoms with Crippen LogP contribution in [0.3, 0.4) is 0 Å². The van der Waals surface area contributed by atoms with E-state index < -0.39 is 11.0 Å². The first kappa shape index (κ1) is 14.0. The van der Waals surface area contributed by atoms with Crippen molar-refractivity contribution in [2.45, 2.75) is 19.6 Å². The van der Waals surface area contributed by atoms with Crippen LogP contribution in [0.15, 0.2) is 30.5 Å². The van der Waals surface area contributed by atoms with Gasteiger partial charge in [0.15, 0.2) is 0 Å². The second-order valence-corrected chi connectivity index (χ2v) is 4.42. The molecule has 0 saturated carbocycles. The van der Waals surface area contributed by atoms with Crippen molar-refractivity contribution in [3.05, 3.63) is 51.8 Å². The SMILES string of the molecule is CC(O)c1cc([N+](=O)[O-])ccc1OCc1ccn(C)n1. The smallest absolute Gasteiger partial charge is 0.270 e. The first-order valence-electron chi connectivity index (χ1n) is 6.05. The summed E-state index contributed by atoms with van der Waals surface area (Å²) in [4.78, 5) is 10.2. The average Bonchev–Trinajstić information content (AvgIpc) is 2.81. The molecule has 0 aliphatic carbocycles. The second-order valence-electron chi connectivity index (χ2n) is 4.42. The molecule has 106 valence electrons. The van der Waals surface area contributed by atoms with Crippen LogP contribution in [0, 0.1) is 10.1 Å². The molecule has 0 amide bonds. The number of aliphatic hydroxyl groups excluding tert-OH is 1. The Morgan fingerprint density at radius 1 is 1.50 bits per heavy atom. The number of nitro groups is 1. The summed E-state index contributed by atoms with van der Waals surface area (Å²) in [6, 6.07) is 5.97. The molecule has 0 radical (unpaired) electrons. The van der Waals surface area contributed by atoms with Crippen LogP contribution < -0.4 is 4.74 Å². The largest absolute Gasteiger partial charge is 0.487 e. The summed E-state index contributed by atoms with van der Waals surface area (Å²) < 4.78 is 7.23. The predicted octanol–water partition coefficient (Wildman–Crippen LogP) is 1.96. The first-order chi connectivity index (χ1) is 9.47. The zero-order chi connectivity index (χ0) is 14.7. The van der Waals surface area contributed by atoms with Gasteiger partial charge in [0, 0.05) is 30.9 Å². The van der Waals surface area contributed by atoms with Gasteiger partial charge in [-0.1, -0.05) is 0 Å². The lowest BCUT2D eigenvalue weighted by molar-refractivity contribution is -0.385. The minimum atomic E-state index is -0.853. The normalized spacial score (nSPS) is 12.2. The Balaban J connectivity index is 2.20. The first-order valence-corrected chi connectivity index (χ1v) is 6.05. The van der Waals surface area contributed by atoms with Crippen LogP contribution in [0.2, 0.25) is 0 Å². The molecule has 1 unspecified atom stereocenters. The number of benzene rings is 1. The molecule has 0 bridgehead atoms. The van der Waals surface area contributed by atoms with Gasteiger partial charge in [-0.15, -0.1) is 0 Å². The summed E-state index contributed by atoms with van der Waals surface area (Å²) in [6.45, 7) is 1.77. The van der Waals surface area contributed by atoms with Gasteiger partial charge in [-0.3, -0.25) is 14.8 Å². The lowest BCUT2D eigenvalue weighted by Crippen LogP contribution is -2.03. The summed E-state index contributed by atoms with van der Waals surface area (Å²) in [5, 5.41) is 24.6. The van der Waals surface area contributed by atoms with E-state index in [4.69, 9.17) is 4.74 Å². The summed E-state index contributed by atoms with van der Waals surface area (Å²) in [6.07, 6.45) is 0.943. The fourth-order valence-electron chi connectivity index (χ4n) is 1.80. The van der Waals surface area contributed by atoms with Crippen LogP contribution in [0.4, 0.5) is 5.69 Å². The van der Waals surface area contributed by atoms with Crippen molar-refractivity contribution >= 4 is 5.69 Å². The molecule has 1 aromatic carbocycles. The molecule has 1 heterocycles. The number of ether oxygens (including phenoxy) is 1. The fourth-order valence-corrected chi connectivity index (χ4v) is 1.80. The highest BCUT2D eigenvalue weighted by Crippen LogP contribution is 2.29. The van der Waals surface area contributed by atoms with Gasteiger partial charge in [0.25, 0.3) is 5.69 Å². The van der Waals surface area contributed by atoms with Gasteiger partial charge in [-0.05, 0) is 19.1 Å². The molecule has 2 rings (SSSR count). The lowest BCUT2D eigenvalue weighted by atomic mass is 10.1. The van der Waals surface area contributed by atoms with Crippen LogP contribution in [-0.4, -0.2) is 19.8 Å². The molecule has 0 aliphatic rings. The van der Waals surface area contributed by atoms with Crippen molar-refractivity contribution < 1.29 is 14.8 Å². The monoisotopic (exact) mass is 277 g/mol. The molecule has 1 N–H and O–H groups in total. The van der Waals surface area contributed by atoms with Crippen LogP contribution in [0.25, 0.3) is 0 Å². The average molecular weight is 277 g/mol. The van der Waals surface area contributed by atoms with Crippen molar-refractivity contribution in [1.29, 1.82) is 0 Å². The van der Waals surface area contributed by atoms with Crippen molar-refractivity contribution in [3.8, 4) is 5.75 Å². The van der Waals surface area contributed by atoms with Crippen molar-refractivity contribution in [2.24, 2.45) is 7.05 Å². The summed E-state index contributed by atoms with van der Waals surface area (Å²) in [5.74, 6) is 0.413. The Morgan fingerprint density at radius 3 is 2.80 bits per heavy atom. The van der Waals surface area contributed by atoms with E-state index >= 15 is 0 Å². The minimum Gasteiger partial charge on any atom is -0.487 e. The summed E-state index contributed by atoms with van der Waals surface area (Å²) >= 11 is 0. The topological polar surface area (TPSA) is 90.4 Å². The van der Waals surface area contributed by atoms with E-state index in [0.29, 0.717) is 11.3 Å². The molecule has 0 aliphatic heterocycles. The second kappa shape index (κ2) is 5.70. The van der Waals surface area contributed by atoms with E-state index in [0.717, 1.165) is 5.69 Å². The molecular formula is C13H15N3O4. The zero-order valence-corrected chi connectivity index (χ0v) is 11.2. The van der Waals surface area contributed by atoms with Crippen LogP contribution >= 0.6 is 0 Å². The fraction of sp³-hybridized carbons (Fsp3) is 0.308. The molecule has 0 fully saturated rings. The Kier molecular flexibility index (Phi) is 3.99. The van der Waals surface area contributed by atoms with E-state index in [1.54, 1.807) is 17.9 Å². The number of non-ortho nitro benzene ring substituents is 1. The van der Waals surface area contributed by atoms with E-state index in [1.165, 1.54) is 25.1 Å². The quantitative estimate of drug-likeness (QED) is 0.666. The van der Waals surface area contributed by atoms with Crippen molar-refractivity contribution in [1.82, 2.24) is 9.78 Å². The number of aliphatic hydroxyl groups is 1. The molecule has 0 saturated heterocycles. The van der Waals surface area contributed by atoms with E-state index in [-0.39, 0.29) is 12.3 Å². The standard InChI is InChI=1S/C13H15N3O4/c1-9(17)12-7-11(16(18)19)3-4-13(12)20-8-10-5-6-15(2)14-10/h3-7,9,17H,8H2,1-2H3. The number of aromatic nitrogens is 2. The third-order valence-corrected chi connectivity index (χ3v) is 2.80. The maximum atomic E-state index is 10.7. The molecule has 0 spiro atoms. The van der Waals surface area contributed by atoms with Gasteiger partial charge < -0.3 is 9.84 Å². The van der Waals surface area contributed by atoms with Crippen LogP contribution in [-0.2, 0) is 13.7 Å². The number of nitro benzene ring substituents is 1. The third-order valence-electron chi connectivity index (χ3n) is 2.80. The zero-order valence-electron chi connectivity index (χ0n) is 11.2. The van der Waals surface area contributed by atoms with Crippen LogP contribution in [0.1, 0.15) is 24.3 Å². The van der Waals surface area contributed by atoms with Gasteiger partial charge in [0.05, 0.1) is 16.7 Å².